The smallest absolute Gasteiger partial charge is 0.269 e. The average Bonchev–Trinajstić information content (AvgIpc) is 2.54. The number of hydrogen-bond donors (Lipinski definition) is 1. The number of nitrogens with zero attached hydrogens (tertiary/aromatic N) is 1. The predicted molar refractivity (Wildman–Crippen MR) is 88.1 cm³/mol. The van der Waals surface area contributed by atoms with Gasteiger partial charge in [-0.3, -0.25) is 14.9 Å². The second-order valence-electron chi connectivity index (χ2n) is 4.90. The molecule has 0 radical (unpaired) electrons. The van der Waals surface area contributed by atoms with Gasteiger partial charge in [-0.25, -0.2) is 0 Å². The maximum Gasteiger partial charge on any atom is 0.269 e. The summed E-state index contributed by atoms with van der Waals surface area (Å²) in [6.45, 7) is 1.72. The molecule has 0 fully saturated rings. The summed E-state index contributed by atoms with van der Waals surface area (Å²) >= 11 is 5.93. The standard InChI is InChI=1S/C16H15ClN2O4/c1-10(11-3-6-13(7-4-11)19(21)22)16(20)18-14-9-12(17)5-8-15(14)23-2/h3-10H,1-2H3,(H,18,20)/t10-/m1/s1. The molecule has 120 valence electrons. The summed E-state index contributed by atoms with van der Waals surface area (Å²) in [5, 5.41) is 13.9. The SMILES string of the molecule is COc1ccc(Cl)cc1NC(=O)[C@H](C)c1ccc([N+](=O)[O-])cc1. The lowest BCUT2D eigenvalue weighted by Crippen LogP contribution is -2.19. The van der Waals surface area contributed by atoms with Crippen LogP contribution in [-0.2, 0) is 4.79 Å². The molecule has 2 rings (SSSR count). The predicted octanol–water partition coefficient (Wildman–Crippen LogP) is 4.00. The first kappa shape index (κ1) is 16.8. The number of carbonyl (C=O) groups excluding carboxylic acids is 1. The van der Waals surface area contributed by atoms with Crippen LogP contribution >= 0.6 is 11.6 Å². The monoisotopic (exact) mass is 334 g/mol. The molecule has 0 aromatic heterocycles. The van der Waals surface area contributed by atoms with Crippen LogP contribution in [-0.4, -0.2) is 17.9 Å². The molecule has 0 aliphatic carbocycles. The molecule has 0 saturated carbocycles. The van der Waals surface area contributed by atoms with Crippen molar-refractivity contribution >= 4 is 28.9 Å². The topological polar surface area (TPSA) is 81.5 Å². The van der Waals surface area contributed by atoms with Crippen LogP contribution in [0.3, 0.4) is 0 Å². The first-order chi connectivity index (χ1) is 10.9. The summed E-state index contributed by atoms with van der Waals surface area (Å²) in [5.74, 6) is -0.252. The van der Waals surface area contributed by atoms with Crippen molar-refractivity contribution in [1.29, 1.82) is 0 Å². The molecule has 1 amide bonds. The Bertz CT molecular complexity index is 731. The van der Waals surface area contributed by atoms with Crippen molar-refractivity contribution in [2.24, 2.45) is 0 Å². The zero-order valence-electron chi connectivity index (χ0n) is 12.6. The Morgan fingerprint density at radius 3 is 2.48 bits per heavy atom. The fourth-order valence-electron chi connectivity index (χ4n) is 2.05. The Kier molecular flexibility index (Phi) is 5.18. The average molecular weight is 335 g/mol. The van der Waals surface area contributed by atoms with Gasteiger partial charge in [-0.1, -0.05) is 23.7 Å². The molecule has 0 aliphatic heterocycles. The molecule has 0 unspecified atom stereocenters. The van der Waals surface area contributed by atoms with E-state index in [1.165, 1.54) is 19.2 Å². The number of anilines is 1. The number of rotatable bonds is 5. The van der Waals surface area contributed by atoms with E-state index < -0.39 is 10.8 Å². The van der Waals surface area contributed by atoms with Crippen molar-refractivity contribution in [3.63, 3.8) is 0 Å². The minimum absolute atomic E-state index is 0.0159. The molecule has 1 N–H and O–H groups in total. The van der Waals surface area contributed by atoms with E-state index in [4.69, 9.17) is 16.3 Å². The van der Waals surface area contributed by atoms with E-state index in [1.807, 2.05) is 0 Å². The summed E-state index contributed by atoms with van der Waals surface area (Å²) in [7, 11) is 1.50. The zero-order valence-corrected chi connectivity index (χ0v) is 13.3. The molecule has 2 aromatic rings. The summed E-state index contributed by atoms with van der Waals surface area (Å²) < 4.78 is 5.18. The lowest BCUT2D eigenvalue weighted by atomic mass is 10.00. The lowest BCUT2D eigenvalue weighted by Gasteiger charge is -2.15. The fourth-order valence-corrected chi connectivity index (χ4v) is 2.23. The molecule has 0 heterocycles. The Balaban J connectivity index is 2.17. The van der Waals surface area contributed by atoms with Crippen LogP contribution in [0.2, 0.25) is 5.02 Å². The van der Waals surface area contributed by atoms with Crippen LogP contribution in [0.15, 0.2) is 42.5 Å². The van der Waals surface area contributed by atoms with Crippen LogP contribution in [0, 0.1) is 10.1 Å². The minimum Gasteiger partial charge on any atom is -0.495 e. The van der Waals surface area contributed by atoms with Gasteiger partial charge in [-0.15, -0.1) is 0 Å². The molecule has 23 heavy (non-hydrogen) atoms. The van der Waals surface area contributed by atoms with Crippen LogP contribution in [0.5, 0.6) is 5.75 Å². The minimum atomic E-state index is -0.487. The number of hydrogen-bond acceptors (Lipinski definition) is 4. The van der Waals surface area contributed by atoms with E-state index in [0.717, 1.165) is 0 Å². The van der Waals surface area contributed by atoms with Crippen molar-refractivity contribution in [3.05, 3.63) is 63.2 Å². The van der Waals surface area contributed by atoms with Crippen LogP contribution in [0.25, 0.3) is 0 Å². The van der Waals surface area contributed by atoms with Crippen molar-refractivity contribution in [2.75, 3.05) is 12.4 Å². The number of nitro groups is 1. The summed E-state index contributed by atoms with van der Waals surface area (Å²) in [4.78, 5) is 22.5. The third-order valence-corrected chi connectivity index (χ3v) is 3.65. The summed E-state index contributed by atoms with van der Waals surface area (Å²) in [6, 6.07) is 10.8. The second kappa shape index (κ2) is 7.11. The van der Waals surface area contributed by atoms with E-state index in [-0.39, 0.29) is 11.6 Å². The number of carbonyl (C=O) groups is 1. The van der Waals surface area contributed by atoms with E-state index in [9.17, 15) is 14.9 Å². The number of ether oxygens (including phenoxy) is 1. The maximum absolute atomic E-state index is 12.4. The molecule has 6 nitrogen and oxygen atoms in total. The van der Waals surface area contributed by atoms with Gasteiger partial charge < -0.3 is 10.1 Å². The van der Waals surface area contributed by atoms with Crippen molar-refractivity contribution in [3.8, 4) is 5.75 Å². The summed E-state index contributed by atoms with van der Waals surface area (Å²) in [5.41, 5.74) is 1.13. The van der Waals surface area contributed by atoms with Crippen molar-refractivity contribution < 1.29 is 14.5 Å². The normalized spacial score (nSPS) is 11.6. The number of halogens is 1. The van der Waals surface area contributed by atoms with Crippen molar-refractivity contribution in [2.45, 2.75) is 12.8 Å². The third-order valence-electron chi connectivity index (χ3n) is 3.42. The molecular formula is C16H15ClN2O4. The second-order valence-corrected chi connectivity index (χ2v) is 5.34. The van der Waals surface area contributed by atoms with E-state index in [0.29, 0.717) is 22.0 Å². The highest BCUT2D eigenvalue weighted by molar-refractivity contribution is 6.31. The quantitative estimate of drug-likeness (QED) is 0.662. The van der Waals surface area contributed by atoms with E-state index in [1.54, 1.807) is 37.3 Å². The van der Waals surface area contributed by atoms with E-state index in [2.05, 4.69) is 5.32 Å². The number of benzene rings is 2. The van der Waals surface area contributed by atoms with Gasteiger partial charge in [0.1, 0.15) is 5.75 Å². The van der Waals surface area contributed by atoms with Gasteiger partial charge in [0.05, 0.1) is 23.6 Å². The van der Waals surface area contributed by atoms with Gasteiger partial charge in [0, 0.05) is 17.2 Å². The largest absolute Gasteiger partial charge is 0.495 e. The maximum atomic E-state index is 12.4. The molecule has 0 aliphatic rings. The number of nitro benzene ring substituents is 1. The molecular weight excluding hydrogens is 320 g/mol. The molecule has 1 atom stereocenters. The highest BCUT2D eigenvalue weighted by Gasteiger charge is 2.18. The van der Waals surface area contributed by atoms with Crippen LogP contribution < -0.4 is 10.1 Å². The van der Waals surface area contributed by atoms with E-state index >= 15 is 0 Å². The molecule has 0 saturated heterocycles. The van der Waals surface area contributed by atoms with Crippen LogP contribution in [0.1, 0.15) is 18.4 Å². The molecule has 0 bridgehead atoms. The molecule has 7 heteroatoms. The van der Waals surface area contributed by atoms with Gasteiger partial charge in [0.2, 0.25) is 5.91 Å². The van der Waals surface area contributed by atoms with Gasteiger partial charge in [0.25, 0.3) is 5.69 Å². The van der Waals surface area contributed by atoms with Crippen molar-refractivity contribution in [1.82, 2.24) is 0 Å². The Morgan fingerprint density at radius 2 is 1.91 bits per heavy atom. The Hall–Kier alpha value is -2.60. The zero-order chi connectivity index (χ0) is 17.0. The third kappa shape index (κ3) is 3.98. The van der Waals surface area contributed by atoms with Gasteiger partial charge in [-0.2, -0.15) is 0 Å². The van der Waals surface area contributed by atoms with Gasteiger partial charge in [-0.05, 0) is 30.7 Å². The number of nitrogens with one attached hydrogen (secondary N) is 1. The number of methoxy groups -OCH3 is 1. The molecule has 0 spiro atoms. The van der Waals surface area contributed by atoms with Crippen LogP contribution in [0.4, 0.5) is 11.4 Å². The Labute approximate surface area is 138 Å². The van der Waals surface area contributed by atoms with Gasteiger partial charge >= 0.3 is 0 Å². The number of amides is 1. The first-order valence-electron chi connectivity index (χ1n) is 6.81. The first-order valence-corrected chi connectivity index (χ1v) is 7.19. The highest BCUT2D eigenvalue weighted by Crippen LogP contribution is 2.29. The lowest BCUT2D eigenvalue weighted by molar-refractivity contribution is -0.384. The molecule has 2 aromatic carbocycles. The fraction of sp³-hybridized carbons (Fsp3) is 0.188. The summed E-state index contributed by atoms with van der Waals surface area (Å²) in [6.07, 6.45) is 0. The van der Waals surface area contributed by atoms with Gasteiger partial charge in [0.15, 0.2) is 0 Å². The highest BCUT2D eigenvalue weighted by atomic mass is 35.5. The number of non-ortho nitro benzene ring substituents is 1. The Morgan fingerprint density at radius 1 is 1.26 bits per heavy atom.